The van der Waals surface area contributed by atoms with E-state index in [2.05, 4.69) is 20.7 Å². The number of imide groups is 1. The van der Waals surface area contributed by atoms with Gasteiger partial charge in [-0.15, -0.1) is 0 Å². The summed E-state index contributed by atoms with van der Waals surface area (Å²) < 4.78 is 1.75. The molecule has 7 heteroatoms. The molecule has 0 unspecified atom stereocenters. The van der Waals surface area contributed by atoms with E-state index in [0.717, 1.165) is 29.5 Å². The molecule has 1 aliphatic heterocycles. The largest absolute Gasteiger partial charge is 0.370 e. The summed E-state index contributed by atoms with van der Waals surface area (Å²) in [5, 5.41) is 10.1. The Morgan fingerprint density at radius 1 is 1.43 bits per heavy atom. The molecule has 0 bridgehead atoms. The molecule has 118 valence electrons. The highest BCUT2D eigenvalue weighted by atomic mass is 16.2. The number of aromatic nitrogens is 3. The normalized spacial score (nSPS) is 19.6. The minimum Gasteiger partial charge on any atom is -0.370 e. The summed E-state index contributed by atoms with van der Waals surface area (Å²) in [6.45, 7) is 2.86. The van der Waals surface area contributed by atoms with Gasteiger partial charge in [-0.1, -0.05) is 0 Å². The van der Waals surface area contributed by atoms with Gasteiger partial charge in [0.15, 0.2) is 5.65 Å². The molecule has 2 aromatic heterocycles. The number of carbonyl (C=O) groups is 2. The van der Waals surface area contributed by atoms with E-state index in [9.17, 15) is 9.59 Å². The molecule has 23 heavy (non-hydrogen) atoms. The Bertz CT molecular complexity index is 848. The first-order valence-electron chi connectivity index (χ1n) is 7.74. The molecule has 1 saturated heterocycles. The zero-order chi connectivity index (χ0) is 16.0. The fourth-order valence-electron chi connectivity index (χ4n) is 2.71. The molecule has 2 amide bonds. The van der Waals surface area contributed by atoms with Gasteiger partial charge in [-0.2, -0.15) is 9.61 Å². The maximum absolute atomic E-state index is 11.7. The second-order valence-electron chi connectivity index (χ2n) is 6.17. The number of fused-ring (bicyclic) bond motifs is 1. The van der Waals surface area contributed by atoms with Crippen LogP contribution in [-0.4, -0.2) is 33.0 Å². The number of rotatable bonds is 4. The van der Waals surface area contributed by atoms with Gasteiger partial charge in [-0.3, -0.25) is 14.9 Å². The van der Waals surface area contributed by atoms with Gasteiger partial charge in [0.2, 0.25) is 5.91 Å². The molecule has 0 radical (unpaired) electrons. The van der Waals surface area contributed by atoms with Crippen LogP contribution in [0.25, 0.3) is 11.7 Å². The number of nitrogens with zero attached hydrogens (tertiary/aromatic N) is 3. The lowest BCUT2D eigenvalue weighted by Crippen LogP contribution is -2.19. The van der Waals surface area contributed by atoms with Gasteiger partial charge in [-0.05, 0) is 31.8 Å². The van der Waals surface area contributed by atoms with Crippen molar-refractivity contribution in [2.75, 3.05) is 11.9 Å². The SMILES string of the molecule is Cc1cc(NCC2CC2)n2ncc(/C=C3\CC(=O)NC3=O)c2n1. The van der Waals surface area contributed by atoms with Crippen molar-refractivity contribution in [2.45, 2.75) is 26.2 Å². The summed E-state index contributed by atoms with van der Waals surface area (Å²) in [6, 6.07) is 1.96. The summed E-state index contributed by atoms with van der Waals surface area (Å²) in [4.78, 5) is 27.5. The minimum atomic E-state index is -0.339. The zero-order valence-electron chi connectivity index (χ0n) is 12.8. The van der Waals surface area contributed by atoms with Gasteiger partial charge < -0.3 is 5.32 Å². The van der Waals surface area contributed by atoms with E-state index in [1.54, 1.807) is 16.8 Å². The summed E-state index contributed by atoms with van der Waals surface area (Å²) in [5.41, 5.74) is 2.74. The van der Waals surface area contributed by atoms with Crippen LogP contribution in [0.5, 0.6) is 0 Å². The molecule has 0 spiro atoms. The molecule has 1 saturated carbocycles. The molecule has 3 heterocycles. The molecular formula is C16H17N5O2. The third kappa shape index (κ3) is 2.69. The van der Waals surface area contributed by atoms with Crippen molar-refractivity contribution in [1.82, 2.24) is 19.9 Å². The fourth-order valence-corrected chi connectivity index (χ4v) is 2.71. The maximum atomic E-state index is 11.7. The van der Waals surface area contributed by atoms with Crippen molar-refractivity contribution in [1.29, 1.82) is 0 Å². The third-order valence-corrected chi connectivity index (χ3v) is 4.12. The van der Waals surface area contributed by atoms with Crippen LogP contribution in [0.2, 0.25) is 0 Å². The molecule has 0 aromatic carbocycles. The number of anilines is 1. The maximum Gasteiger partial charge on any atom is 0.254 e. The minimum absolute atomic E-state index is 0.106. The number of nitrogens with one attached hydrogen (secondary N) is 2. The van der Waals surface area contributed by atoms with Gasteiger partial charge in [0, 0.05) is 29.4 Å². The van der Waals surface area contributed by atoms with E-state index in [0.29, 0.717) is 11.2 Å². The molecule has 7 nitrogen and oxygen atoms in total. The van der Waals surface area contributed by atoms with Crippen LogP contribution < -0.4 is 10.6 Å². The van der Waals surface area contributed by atoms with E-state index in [-0.39, 0.29) is 18.2 Å². The Morgan fingerprint density at radius 3 is 2.96 bits per heavy atom. The zero-order valence-corrected chi connectivity index (χ0v) is 12.8. The van der Waals surface area contributed by atoms with E-state index in [1.165, 1.54) is 12.8 Å². The highest BCUT2D eigenvalue weighted by Crippen LogP contribution is 2.29. The van der Waals surface area contributed by atoms with Crippen LogP contribution in [0.15, 0.2) is 17.8 Å². The second kappa shape index (κ2) is 5.19. The Balaban J connectivity index is 1.72. The smallest absolute Gasteiger partial charge is 0.254 e. The second-order valence-corrected chi connectivity index (χ2v) is 6.17. The molecule has 0 atom stereocenters. The number of hydrogen-bond acceptors (Lipinski definition) is 5. The van der Waals surface area contributed by atoms with E-state index in [4.69, 9.17) is 0 Å². The van der Waals surface area contributed by atoms with Gasteiger partial charge in [0.1, 0.15) is 5.82 Å². The van der Waals surface area contributed by atoms with Crippen molar-refractivity contribution in [2.24, 2.45) is 5.92 Å². The number of hydrogen-bond donors (Lipinski definition) is 2. The Hall–Kier alpha value is -2.70. The molecule has 2 aliphatic rings. The Morgan fingerprint density at radius 2 is 2.26 bits per heavy atom. The first-order chi connectivity index (χ1) is 11.1. The van der Waals surface area contributed by atoms with Crippen LogP contribution in [0, 0.1) is 12.8 Å². The molecular weight excluding hydrogens is 294 g/mol. The van der Waals surface area contributed by atoms with Gasteiger partial charge in [0.25, 0.3) is 5.91 Å². The summed E-state index contributed by atoms with van der Waals surface area (Å²) in [5.74, 6) is 1.04. The van der Waals surface area contributed by atoms with Crippen molar-refractivity contribution in [3.8, 4) is 0 Å². The number of amides is 2. The lowest BCUT2D eigenvalue weighted by Gasteiger charge is -2.08. The van der Waals surface area contributed by atoms with Crippen molar-refractivity contribution in [3.05, 3.63) is 29.1 Å². The third-order valence-electron chi connectivity index (χ3n) is 4.12. The van der Waals surface area contributed by atoms with E-state index in [1.807, 2.05) is 13.0 Å². The van der Waals surface area contributed by atoms with Crippen molar-refractivity contribution in [3.63, 3.8) is 0 Å². The van der Waals surface area contributed by atoms with Crippen molar-refractivity contribution < 1.29 is 9.59 Å². The lowest BCUT2D eigenvalue weighted by atomic mass is 10.1. The molecule has 2 aromatic rings. The average molecular weight is 311 g/mol. The van der Waals surface area contributed by atoms with Crippen molar-refractivity contribution >= 4 is 29.4 Å². The Labute approximate surface area is 132 Å². The topological polar surface area (TPSA) is 88.4 Å². The standard InChI is InChI=1S/C16H17N5O2/c1-9-4-13(17-7-10-2-3-10)21-15(19-9)12(8-18-21)5-11-6-14(22)20-16(11)23/h4-5,8,10,17H,2-3,6-7H2,1H3,(H,20,22,23)/b11-5+. The summed E-state index contributed by atoms with van der Waals surface area (Å²) >= 11 is 0. The predicted octanol–water partition coefficient (Wildman–Crippen LogP) is 1.29. The quantitative estimate of drug-likeness (QED) is 0.656. The summed E-state index contributed by atoms with van der Waals surface area (Å²) in [7, 11) is 0. The molecule has 2 fully saturated rings. The van der Waals surface area contributed by atoms with E-state index >= 15 is 0 Å². The lowest BCUT2D eigenvalue weighted by molar-refractivity contribution is -0.124. The monoisotopic (exact) mass is 311 g/mol. The highest BCUT2D eigenvalue weighted by molar-refractivity contribution is 6.15. The Kier molecular flexibility index (Phi) is 3.14. The van der Waals surface area contributed by atoms with Crippen LogP contribution >= 0.6 is 0 Å². The van der Waals surface area contributed by atoms with Gasteiger partial charge >= 0.3 is 0 Å². The van der Waals surface area contributed by atoms with E-state index < -0.39 is 0 Å². The summed E-state index contributed by atoms with van der Waals surface area (Å²) in [6.07, 6.45) is 6.03. The van der Waals surface area contributed by atoms with Crippen LogP contribution in [0.1, 0.15) is 30.5 Å². The molecule has 1 aliphatic carbocycles. The fraction of sp³-hybridized carbons (Fsp3) is 0.375. The average Bonchev–Trinajstić information content (AvgIpc) is 3.17. The highest BCUT2D eigenvalue weighted by Gasteiger charge is 2.24. The first-order valence-corrected chi connectivity index (χ1v) is 7.74. The molecule has 4 rings (SSSR count). The molecule has 2 N–H and O–H groups in total. The number of aryl methyl sites for hydroxylation is 1. The predicted molar refractivity (Wildman–Crippen MR) is 84.7 cm³/mol. The van der Waals surface area contributed by atoms with Crippen LogP contribution in [0.4, 0.5) is 5.82 Å². The first kappa shape index (κ1) is 13.9. The van der Waals surface area contributed by atoms with Gasteiger partial charge in [0.05, 0.1) is 12.6 Å². The number of carbonyl (C=O) groups excluding carboxylic acids is 2. The van der Waals surface area contributed by atoms with Crippen LogP contribution in [0.3, 0.4) is 0 Å². The van der Waals surface area contributed by atoms with Crippen LogP contribution in [-0.2, 0) is 9.59 Å². The van der Waals surface area contributed by atoms with Gasteiger partial charge in [-0.25, -0.2) is 4.98 Å².